The lowest BCUT2D eigenvalue weighted by molar-refractivity contribution is -0.138. The van der Waals surface area contributed by atoms with Crippen molar-refractivity contribution in [1.82, 2.24) is 0 Å². The van der Waals surface area contributed by atoms with Crippen LogP contribution in [-0.2, 0) is 14.2 Å². The van der Waals surface area contributed by atoms with Crippen LogP contribution in [0.15, 0.2) is 11.6 Å². The van der Waals surface area contributed by atoms with Crippen LogP contribution in [-0.4, -0.2) is 31.7 Å². The van der Waals surface area contributed by atoms with Crippen molar-refractivity contribution in [3.05, 3.63) is 11.6 Å². The molecule has 0 aromatic rings. The first kappa shape index (κ1) is 10.1. The van der Waals surface area contributed by atoms with E-state index in [1.165, 1.54) is 5.57 Å². The summed E-state index contributed by atoms with van der Waals surface area (Å²) in [6, 6.07) is 0. The van der Waals surface area contributed by atoms with E-state index in [1.54, 1.807) is 0 Å². The van der Waals surface area contributed by atoms with Gasteiger partial charge in [-0.3, -0.25) is 0 Å². The molecule has 1 atom stereocenters. The fraction of sp³-hybridized carbons (Fsp3) is 0.818. The topological polar surface area (TPSA) is 27.7 Å². The fourth-order valence-corrected chi connectivity index (χ4v) is 1.85. The van der Waals surface area contributed by atoms with Gasteiger partial charge in [-0.25, -0.2) is 0 Å². The van der Waals surface area contributed by atoms with Gasteiger partial charge in [-0.2, -0.15) is 0 Å². The Balaban J connectivity index is 1.71. The van der Waals surface area contributed by atoms with Crippen LogP contribution >= 0.6 is 0 Å². The van der Waals surface area contributed by atoms with Gasteiger partial charge in [0.15, 0.2) is 5.79 Å². The average Bonchev–Trinajstić information content (AvgIpc) is 2.70. The van der Waals surface area contributed by atoms with Crippen molar-refractivity contribution in [3.8, 4) is 0 Å². The number of hydrogen-bond donors (Lipinski definition) is 0. The molecule has 0 aromatic heterocycles. The summed E-state index contributed by atoms with van der Waals surface area (Å²) in [4.78, 5) is 0. The van der Waals surface area contributed by atoms with Crippen molar-refractivity contribution in [2.75, 3.05) is 19.8 Å². The molecule has 80 valence electrons. The highest BCUT2D eigenvalue weighted by atomic mass is 16.7. The summed E-state index contributed by atoms with van der Waals surface area (Å²) in [6.45, 7) is 6.23. The van der Waals surface area contributed by atoms with Gasteiger partial charge in [-0.05, 0) is 32.3 Å². The van der Waals surface area contributed by atoms with Gasteiger partial charge in [0.2, 0.25) is 0 Å². The highest BCUT2D eigenvalue weighted by Gasteiger charge is 2.32. The van der Waals surface area contributed by atoms with Gasteiger partial charge in [0.05, 0.1) is 25.9 Å². The van der Waals surface area contributed by atoms with Gasteiger partial charge in [-0.15, -0.1) is 0 Å². The molecule has 0 aromatic carbocycles. The molecule has 0 amide bonds. The zero-order chi connectivity index (χ0) is 10.0. The first-order chi connectivity index (χ1) is 6.66. The molecule has 0 radical (unpaired) electrons. The van der Waals surface area contributed by atoms with E-state index in [0.717, 1.165) is 32.7 Å². The van der Waals surface area contributed by atoms with Crippen molar-refractivity contribution >= 4 is 0 Å². The minimum Gasteiger partial charge on any atom is -0.373 e. The molecule has 2 aliphatic rings. The third kappa shape index (κ3) is 2.56. The lowest BCUT2D eigenvalue weighted by Gasteiger charge is -2.17. The Morgan fingerprint density at radius 3 is 2.93 bits per heavy atom. The molecule has 3 nitrogen and oxygen atoms in total. The normalized spacial score (nSPS) is 30.7. The summed E-state index contributed by atoms with van der Waals surface area (Å²) in [6.07, 6.45) is 4.54. The summed E-state index contributed by atoms with van der Waals surface area (Å²) >= 11 is 0. The smallest absolute Gasteiger partial charge is 0.163 e. The Hall–Kier alpha value is -0.380. The van der Waals surface area contributed by atoms with E-state index in [0.29, 0.717) is 0 Å². The lowest BCUT2D eigenvalue weighted by atomic mass is 10.1. The third-order valence-electron chi connectivity index (χ3n) is 2.63. The quantitative estimate of drug-likeness (QED) is 0.648. The van der Waals surface area contributed by atoms with E-state index in [9.17, 15) is 0 Å². The van der Waals surface area contributed by atoms with E-state index < -0.39 is 0 Å². The SMILES string of the molecule is CC1(C)OC[C@H](CCC2=CCOC2)O1. The largest absolute Gasteiger partial charge is 0.373 e. The van der Waals surface area contributed by atoms with Gasteiger partial charge in [-0.1, -0.05) is 6.08 Å². The molecule has 14 heavy (non-hydrogen) atoms. The molecule has 2 heterocycles. The second-order valence-electron chi connectivity index (χ2n) is 4.37. The molecule has 0 bridgehead atoms. The van der Waals surface area contributed by atoms with E-state index in [1.807, 2.05) is 13.8 Å². The third-order valence-corrected chi connectivity index (χ3v) is 2.63. The highest BCUT2D eigenvalue weighted by molar-refractivity contribution is 5.06. The Bertz CT molecular complexity index is 233. The average molecular weight is 198 g/mol. The van der Waals surface area contributed by atoms with Crippen LogP contribution in [0.25, 0.3) is 0 Å². The van der Waals surface area contributed by atoms with Crippen molar-refractivity contribution < 1.29 is 14.2 Å². The van der Waals surface area contributed by atoms with Gasteiger partial charge in [0.25, 0.3) is 0 Å². The predicted octanol–water partition coefficient (Wildman–Crippen LogP) is 1.87. The molecular weight excluding hydrogens is 180 g/mol. The zero-order valence-corrected chi connectivity index (χ0v) is 8.91. The van der Waals surface area contributed by atoms with Crippen LogP contribution in [0.1, 0.15) is 26.7 Å². The predicted molar refractivity (Wildman–Crippen MR) is 53.0 cm³/mol. The summed E-state index contributed by atoms with van der Waals surface area (Å²) in [5.74, 6) is -0.384. The molecule has 0 aliphatic carbocycles. The van der Waals surface area contributed by atoms with Crippen LogP contribution in [0, 0.1) is 0 Å². The molecule has 0 spiro atoms. The van der Waals surface area contributed by atoms with Crippen LogP contribution in [0.4, 0.5) is 0 Å². The molecule has 2 aliphatic heterocycles. The summed E-state index contributed by atoms with van der Waals surface area (Å²) in [5.41, 5.74) is 1.40. The summed E-state index contributed by atoms with van der Waals surface area (Å²) in [5, 5.41) is 0. The number of rotatable bonds is 3. The Morgan fingerprint density at radius 2 is 2.36 bits per heavy atom. The molecule has 1 fully saturated rings. The number of hydrogen-bond acceptors (Lipinski definition) is 3. The van der Waals surface area contributed by atoms with Crippen LogP contribution < -0.4 is 0 Å². The van der Waals surface area contributed by atoms with E-state index >= 15 is 0 Å². The fourth-order valence-electron chi connectivity index (χ4n) is 1.85. The van der Waals surface area contributed by atoms with Crippen molar-refractivity contribution in [1.29, 1.82) is 0 Å². The second-order valence-corrected chi connectivity index (χ2v) is 4.37. The Morgan fingerprint density at radius 1 is 1.50 bits per heavy atom. The monoisotopic (exact) mass is 198 g/mol. The maximum atomic E-state index is 5.72. The van der Waals surface area contributed by atoms with E-state index in [-0.39, 0.29) is 11.9 Å². The standard InChI is InChI=1S/C11H18O3/c1-11(2)13-8-10(14-11)4-3-9-5-6-12-7-9/h5,10H,3-4,6-8H2,1-2H3/t10-/m0/s1. The maximum Gasteiger partial charge on any atom is 0.163 e. The first-order valence-corrected chi connectivity index (χ1v) is 5.23. The van der Waals surface area contributed by atoms with Gasteiger partial charge in [0, 0.05) is 0 Å². The van der Waals surface area contributed by atoms with Crippen LogP contribution in [0.5, 0.6) is 0 Å². The lowest BCUT2D eigenvalue weighted by Crippen LogP contribution is -2.21. The molecule has 0 N–H and O–H groups in total. The molecule has 0 unspecified atom stereocenters. The molecule has 1 saturated heterocycles. The number of ether oxygens (including phenoxy) is 3. The Labute approximate surface area is 85.0 Å². The summed E-state index contributed by atoms with van der Waals surface area (Å²) < 4.78 is 16.5. The summed E-state index contributed by atoms with van der Waals surface area (Å²) in [7, 11) is 0. The molecule has 3 heteroatoms. The van der Waals surface area contributed by atoms with Crippen molar-refractivity contribution in [2.24, 2.45) is 0 Å². The van der Waals surface area contributed by atoms with Crippen LogP contribution in [0.2, 0.25) is 0 Å². The van der Waals surface area contributed by atoms with Crippen molar-refractivity contribution in [3.63, 3.8) is 0 Å². The minimum absolute atomic E-state index is 0.256. The highest BCUT2D eigenvalue weighted by Crippen LogP contribution is 2.26. The molecule has 2 rings (SSSR count). The van der Waals surface area contributed by atoms with E-state index in [4.69, 9.17) is 14.2 Å². The van der Waals surface area contributed by atoms with Gasteiger partial charge < -0.3 is 14.2 Å². The second kappa shape index (κ2) is 4.01. The zero-order valence-electron chi connectivity index (χ0n) is 8.91. The Kier molecular flexibility index (Phi) is 2.91. The van der Waals surface area contributed by atoms with Gasteiger partial charge >= 0.3 is 0 Å². The molecular formula is C11H18O3. The maximum absolute atomic E-state index is 5.72. The first-order valence-electron chi connectivity index (χ1n) is 5.23. The van der Waals surface area contributed by atoms with Crippen molar-refractivity contribution in [2.45, 2.75) is 38.6 Å². The molecule has 0 saturated carbocycles. The minimum atomic E-state index is -0.384. The van der Waals surface area contributed by atoms with Crippen LogP contribution in [0.3, 0.4) is 0 Å². The van der Waals surface area contributed by atoms with E-state index in [2.05, 4.69) is 6.08 Å². The van der Waals surface area contributed by atoms with Gasteiger partial charge in [0.1, 0.15) is 0 Å².